The number of hydrogen-bond acceptors (Lipinski definition) is 3. The predicted molar refractivity (Wildman–Crippen MR) is 69.4 cm³/mol. The number of nitrogens with one attached hydrogen (secondary N) is 1. The van der Waals surface area contributed by atoms with E-state index in [0.29, 0.717) is 0 Å². The summed E-state index contributed by atoms with van der Waals surface area (Å²) < 4.78 is 28.7. The Morgan fingerprint density at radius 3 is 2.45 bits per heavy atom. The van der Waals surface area contributed by atoms with Gasteiger partial charge in [0.15, 0.2) is 0 Å². The fourth-order valence-electron chi connectivity index (χ4n) is 2.05. The van der Waals surface area contributed by atoms with Crippen LogP contribution in [0.25, 0.3) is 0 Å². The quantitative estimate of drug-likeness (QED) is 0.770. The maximum atomic E-state index is 12.4. The SMILES string of the molecule is CC1C(=O)NC(C(C)(C)C)C(=O)N1CCOCC(F)F. The van der Waals surface area contributed by atoms with Crippen LogP contribution in [0.5, 0.6) is 0 Å². The Labute approximate surface area is 117 Å². The van der Waals surface area contributed by atoms with Crippen molar-refractivity contribution in [1.82, 2.24) is 10.2 Å². The summed E-state index contributed by atoms with van der Waals surface area (Å²) in [6.45, 7) is 6.65. The lowest BCUT2D eigenvalue weighted by atomic mass is 9.84. The molecule has 1 rings (SSSR count). The topological polar surface area (TPSA) is 58.6 Å². The minimum Gasteiger partial charge on any atom is -0.374 e. The first kappa shape index (κ1) is 16.8. The average Bonchev–Trinajstić information content (AvgIpc) is 2.31. The highest BCUT2D eigenvalue weighted by Crippen LogP contribution is 2.24. The smallest absolute Gasteiger partial charge is 0.261 e. The minimum absolute atomic E-state index is 0.00936. The molecule has 1 aliphatic heterocycles. The van der Waals surface area contributed by atoms with E-state index in [1.54, 1.807) is 6.92 Å². The van der Waals surface area contributed by atoms with Gasteiger partial charge in [0, 0.05) is 6.54 Å². The van der Waals surface area contributed by atoms with E-state index in [-0.39, 0.29) is 25.0 Å². The number of carbonyl (C=O) groups excluding carboxylic acids is 2. The molecule has 1 fully saturated rings. The minimum atomic E-state index is -2.53. The molecule has 0 aromatic heterocycles. The first-order valence-corrected chi connectivity index (χ1v) is 6.61. The number of amides is 2. The molecule has 5 nitrogen and oxygen atoms in total. The molecule has 0 aromatic rings. The van der Waals surface area contributed by atoms with Crippen LogP contribution < -0.4 is 5.32 Å². The van der Waals surface area contributed by atoms with Crippen LogP contribution in [-0.2, 0) is 14.3 Å². The van der Waals surface area contributed by atoms with Crippen molar-refractivity contribution in [1.29, 1.82) is 0 Å². The summed E-state index contributed by atoms with van der Waals surface area (Å²) in [5.74, 6) is -0.441. The second-order valence-corrected chi connectivity index (χ2v) is 5.98. The van der Waals surface area contributed by atoms with Crippen LogP contribution in [0.4, 0.5) is 8.78 Å². The highest BCUT2D eigenvalue weighted by atomic mass is 19.3. The van der Waals surface area contributed by atoms with E-state index in [4.69, 9.17) is 4.74 Å². The third-order valence-electron chi connectivity index (χ3n) is 3.25. The Hall–Kier alpha value is -1.24. The lowest BCUT2D eigenvalue weighted by Crippen LogP contribution is -2.66. The third-order valence-corrected chi connectivity index (χ3v) is 3.25. The van der Waals surface area contributed by atoms with E-state index in [1.165, 1.54) is 4.90 Å². The molecule has 116 valence electrons. The zero-order valence-corrected chi connectivity index (χ0v) is 12.3. The summed E-state index contributed by atoms with van der Waals surface area (Å²) in [7, 11) is 0. The fourth-order valence-corrected chi connectivity index (χ4v) is 2.05. The van der Waals surface area contributed by atoms with Gasteiger partial charge in [-0.25, -0.2) is 8.78 Å². The van der Waals surface area contributed by atoms with Crippen molar-refractivity contribution in [3.63, 3.8) is 0 Å². The van der Waals surface area contributed by atoms with Crippen LogP contribution in [0.15, 0.2) is 0 Å². The molecule has 0 radical (unpaired) electrons. The summed E-state index contributed by atoms with van der Waals surface area (Å²) >= 11 is 0. The number of rotatable bonds is 5. The summed E-state index contributed by atoms with van der Waals surface area (Å²) in [4.78, 5) is 25.6. The number of ether oxygens (including phenoxy) is 1. The number of halogens is 2. The lowest BCUT2D eigenvalue weighted by molar-refractivity contribution is -0.152. The predicted octanol–water partition coefficient (Wildman–Crippen LogP) is 1.03. The fraction of sp³-hybridized carbons (Fsp3) is 0.846. The Morgan fingerprint density at radius 2 is 1.95 bits per heavy atom. The first-order valence-electron chi connectivity index (χ1n) is 6.61. The van der Waals surface area contributed by atoms with Gasteiger partial charge >= 0.3 is 0 Å². The summed E-state index contributed by atoms with van der Waals surface area (Å²) in [5, 5.41) is 2.70. The number of alkyl halides is 2. The molecular weight excluding hydrogens is 270 g/mol. The lowest BCUT2D eigenvalue weighted by Gasteiger charge is -2.42. The molecular formula is C13H22F2N2O3. The monoisotopic (exact) mass is 292 g/mol. The van der Waals surface area contributed by atoms with Gasteiger partial charge in [0.25, 0.3) is 6.43 Å². The van der Waals surface area contributed by atoms with E-state index in [9.17, 15) is 18.4 Å². The van der Waals surface area contributed by atoms with Crippen molar-refractivity contribution in [3.8, 4) is 0 Å². The van der Waals surface area contributed by atoms with Gasteiger partial charge in [-0.05, 0) is 12.3 Å². The molecule has 1 N–H and O–H groups in total. The number of carbonyl (C=O) groups is 2. The van der Waals surface area contributed by atoms with Gasteiger partial charge in [0.05, 0.1) is 6.61 Å². The number of piperazine rings is 1. The van der Waals surface area contributed by atoms with E-state index in [1.807, 2.05) is 20.8 Å². The highest BCUT2D eigenvalue weighted by Gasteiger charge is 2.43. The van der Waals surface area contributed by atoms with Crippen molar-refractivity contribution in [2.45, 2.75) is 46.2 Å². The molecule has 1 heterocycles. The molecule has 20 heavy (non-hydrogen) atoms. The summed E-state index contributed by atoms with van der Waals surface area (Å²) in [6.07, 6.45) is -2.53. The molecule has 7 heteroatoms. The summed E-state index contributed by atoms with van der Waals surface area (Å²) in [6, 6.07) is -1.22. The van der Waals surface area contributed by atoms with Crippen molar-refractivity contribution in [3.05, 3.63) is 0 Å². The van der Waals surface area contributed by atoms with Gasteiger partial charge < -0.3 is 15.0 Å². The largest absolute Gasteiger partial charge is 0.374 e. The Kier molecular flexibility index (Phi) is 5.44. The molecule has 0 aliphatic carbocycles. The zero-order valence-electron chi connectivity index (χ0n) is 12.3. The molecule has 2 unspecified atom stereocenters. The van der Waals surface area contributed by atoms with Crippen molar-refractivity contribution in [2.24, 2.45) is 5.41 Å². The van der Waals surface area contributed by atoms with Crippen molar-refractivity contribution < 1.29 is 23.1 Å². The molecule has 0 saturated carbocycles. The normalized spacial score (nSPS) is 24.2. The standard InChI is InChI=1S/C13H22F2N2O3/c1-8-11(18)16-10(13(2,3)4)12(19)17(8)5-6-20-7-9(14)15/h8-10H,5-7H2,1-4H3,(H,16,18). The average molecular weight is 292 g/mol. The van der Waals surface area contributed by atoms with E-state index in [2.05, 4.69) is 5.32 Å². The van der Waals surface area contributed by atoms with Crippen molar-refractivity contribution in [2.75, 3.05) is 19.8 Å². The molecule has 1 aliphatic rings. The van der Waals surface area contributed by atoms with Gasteiger partial charge in [-0.15, -0.1) is 0 Å². The van der Waals surface area contributed by atoms with Crippen LogP contribution in [-0.4, -0.2) is 55.0 Å². The van der Waals surface area contributed by atoms with Gasteiger partial charge in [0.2, 0.25) is 11.8 Å². The second-order valence-electron chi connectivity index (χ2n) is 5.98. The maximum absolute atomic E-state index is 12.4. The first-order chi connectivity index (χ1) is 9.14. The van der Waals surface area contributed by atoms with Crippen LogP contribution in [0, 0.1) is 5.41 Å². The van der Waals surface area contributed by atoms with Gasteiger partial charge in [-0.3, -0.25) is 9.59 Å². The van der Waals surface area contributed by atoms with Gasteiger partial charge in [-0.2, -0.15) is 0 Å². The van der Waals surface area contributed by atoms with Crippen LogP contribution >= 0.6 is 0 Å². The van der Waals surface area contributed by atoms with E-state index in [0.717, 1.165) is 0 Å². The molecule has 2 atom stereocenters. The Morgan fingerprint density at radius 1 is 1.35 bits per heavy atom. The van der Waals surface area contributed by atoms with Crippen LogP contribution in [0.2, 0.25) is 0 Å². The van der Waals surface area contributed by atoms with Gasteiger partial charge in [0.1, 0.15) is 18.7 Å². The molecule has 0 bridgehead atoms. The Balaban J connectivity index is 2.66. The maximum Gasteiger partial charge on any atom is 0.261 e. The summed E-state index contributed by atoms with van der Waals surface area (Å²) in [5.41, 5.74) is -0.408. The van der Waals surface area contributed by atoms with Crippen LogP contribution in [0.1, 0.15) is 27.7 Å². The molecule has 2 amide bonds. The molecule has 0 aromatic carbocycles. The second kappa shape index (κ2) is 6.47. The molecule has 1 saturated heterocycles. The Bertz CT molecular complexity index is 369. The van der Waals surface area contributed by atoms with Gasteiger partial charge in [-0.1, -0.05) is 20.8 Å². The number of nitrogens with zero attached hydrogens (tertiary/aromatic N) is 1. The number of hydrogen-bond donors (Lipinski definition) is 1. The van der Waals surface area contributed by atoms with Crippen molar-refractivity contribution >= 4 is 11.8 Å². The van der Waals surface area contributed by atoms with E-state index < -0.39 is 30.5 Å². The van der Waals surface area contributed by atoms with Crippen LogP contribution in [0.3, 0.4) is 0 Å². The van der Waals surface area contributed by atoms with E-state index >= 15 is 0 Å². The molecule has 0 spiro atoms. The zero-order chi connectivity index (χ0) is 15.5. The highest BCUT2D eigenvalue weighted by molar-refractivity contribution is 5.97. The third kappa shape index (κ3) is 4.13.